The highest BCUT2D eigenvalue weighted by Crippen LogP contribution is 2.37. The summed E-state index contributed by atoms with van der Waals surface area (Å²) >= 11 is 0. The van der Waals surface area contributed by atoms with Gasteiger partial charge in [0, 0.05) is 32.4 Å². The van der Waals surface area contributed by atoms with Crippen molar-refractivity contribution in [1.29, 1.82) is 0 Å². The number of nitro benzene ring substituents is 1. The van der Waals surface area contributed by atoms with Gasteiger partial charge >= 0.3 is 29.6 Å². The van der Waals surface area contributed by atoms with E-state index in [0.717, 1.165) is 33.9 Å². The Labute approximate surface area is 209 Å². The summed E-state index contributed by atoms with van der Waals surface area (Å²) in [6.45, 7) is 3.73. The van der Waals surface area contributed by atoms with Gasteiger partial charge < -0.3 is 37.9 Å². The Balaban J connectivity index is 2.04. The molecule has 2 fully saturated rings. The van der Waals surface area contributed by atoms with Crippen LogP contribution < -0.4 is 4.74 Å². The maximum atomic E-state index is 12.5. The molecule has 0 aromatic heterocycles. The number of carbonyl (C=O) groups is 4. The Bertz CT molecular complexity index is 1050. The molecule has 0 amide bonds. The monoisotopic (exact) mass is 527 g/mol. The number of nitro groups is 1. The molecule has 37 heavy (non-hydrogen) atoms. The molecule has 15 nitrogen and oxygen atoms in total. The SMILES string of the molecule is COC(=O)[C@H]1O[C@@H](Oc2ccc(C3OCCO3)cc2[N+](=O)[O-])[C@H](OC(C)=O)[C@@H](OC(C)=O)[C@@H]1OC(C)=O. The summed E-state index contributed by atoms with van der Waals surface area (Å²) in [7, 11) is 1.03. The molecule has 3 rings (SSSR count). The van der Waals surface area contributed by atoms with Crippen molar-refractivity contribution in [3.05, 3.63) is 33.9 Å². The Morgan fingerprint density at radius 1 is 0.919 bits per heavy atom. The maximum absolute atomic E-state index is 12.5. The zero-order chi connectivity index (χ0) is 27.3. The Kier molecular flexibility index (Phi) is 8.96. The third-order valence-electron chi connectivity index (χ3n) is 5.15. The maximum Gasteiger partial charge on any atom is 0.339 e. The summed E-state index contributed by atoms with van der Waals surface area (Å²) in [6, 6.07) is 3.85. The molecule has 1 aromatic carbocycles. The van der Waals surface area contributed by atoms with Gasteiger partial charge in [0.1, 0.15) is 0 Å². The molecule has 2 aliphatic rings. The van der Waals surface area contributed by atoms with Crippen LogP contribution in [-0.4, -0.2) is 79.8 Å². The number of benzene rings is 1. The smallest absolute Gasteiger partial charge is 0.339 e. The molecule has 0 aliphatic carbocycles. The van der Waals surface area contributed by atoms with Gasteiger partial charge in [-0.15, -0.1) is 0 Å². The number of carbonyl (C=O) groups excluding carboxylic acids is 4. The average Bonchev–Trinajstić information content (AvgIpc) is 3.36. The normalized spacial score (nSPS) is 25.6. The van der Waals surface area contributed by atoms with E-state index >= 15 is 0 Å². The van der Waals surface area contributed by atoms with Gasteiger partial charge in [-0.2, -0.15) is 0 Å². The number of hydrogen-bond donors (Lipinski definition) is 0. The van der Waals surface area contributed by atoms with Crippen LogP contribution in [0.2, 0.25) is 0 Å². The van der Waals surface area contributed by atoms with Gasteiger partial charge in [0.15, 0.2) is 30.4 Å². The second-order valence-corrected chi connectivity index (χ2v) is 7.85. The summed E-state index contributed by atoms with van der Waals surface area (Å²) in [6.07, 6.45) is -9.10. The van der Waals surface area contributed by atoms with Gasteiger partial charge in [-0.3, -0.25) is 24.5 Å². The van der Waals surface area contributed by atoms with Gasteiger partial charge in [-0.05, 0) is 12.1 Å². The molecule has 1 aromatic rings. The van der Waals surface area contributed by atoms with Crippen molar-refractivity contribution >= 4 is 29.6 Å². The van der Waals surface area contributed by atoms with Crippen LogP contribution in [0.3, 0.4) is 0 Å². The molecule has 2 aliphatic heterocycles. The lowest BCUT2D eigenvalue weighted by Crippen LogP contribution is -2.64. The topological polar surface area (TPSA) is 185 Å². The number of nitrogens with zero attached hydrogens (tertiary/aromatic N) is 1. The van der Waals surface area contributed by atoms with Crippen LogP contribution in [0.15, 0.2) is 18.2 Å². The number of hydrogen-bond acceptors (Lipinski definition) is 14. The van der Waals surface area contributed by atoms with Crippen molar-refractivity contribution in [1.82, 2.24) is 0 Å². The van der Waals surface area contributed by atoms with Gasteiger partial charge in [0.25, 0.3) is 0 Å². The predicted molar refractivity (Wildman–Crippen MR) is 116 cm³/mol. The molecule has 0 N–H and O–H groups in total. The van der Waals surface area contributed by atoms with Gasteiger partial charge in [0.2, 0.25) is 12.4 Å². The first-order valence-corrected chi connectivity index (χ1v) is 10.9. The highest BCUT2D eigenvalue weighted by Gasteiger charge is 2.56. The molecule has 0 unspecified atom stereocenters. The number of ether oxygens (including phenoxy) is 8. The van der Waals surface area contributed by atoms with E-state index in [4.69, 9.17) is 37.9 Å². The minimum Gasteiger partial charge on any atom is -0.467 e. The standard InChI is InChI=1S/C22H25NO14/c1-10(24)33-16-17(34-11(2)25)19(35-12(3)26)22(37-18(16)20(27)30-4)36-15-6-5-13(9-14(15)23(28)29)21-31-7-8-32-21/h5-6,9,16-19,21-22H,7-8H2,1-4H3/t16-,17-,18-,19+,22+/m0/s1. The van der Waals surface area contributed by atoms with Crippen molar-refractivity contribution in [3.63, 3.8) is 0 Å². The summed E-state index contributed by atoms with van der Waals surface area (Å²) in [5.74, 6) is -4.01. The Morgan fingerprint density at radius 3 is 2.03 bits per heavy atom. The molecule has 0 saturated carbocycles. The quantitative estimate of drug-likeness (QED) is 0.199. The third kappa shape index (κ3) is 6.69. The molecule has 5 atom stereocenters. The molecular formula is C22H25NO14. The van der Waals surface area contributed by atoms with Crippen LogP contribution in [0.5, 0.6) is 5.75 Å². The van der Waals surface area contributed by atoms with Crippen LogP contribution in [0.25, 0.3) is 0 Å². The van der Waals surface area contributed by atoms with Crippen molar-refractivity contribution in [2.45, 2.75) is 57.8 Å². The zero-order valence-corrected chi connectivity index (χ0v) is 20.3. The van der Waals surface area contributed by atoms with Crippen LogP contribution in [0.4, 0.5) is 5.69 Å². The third-order valence-corrected chi connectivity index (χ3v) is 5.15. The lowest BCUT2D eigenvalue weighted by molar-refractivity contribution is -0.387. The van der Waals surface area contributed by atoms with E-state index in [1.807, 2.05) is 0 Å². The van der Waals surface area contributed by atoms with E-state index in [0.29, 0.717) is 18.8 Å². The molecule has 2 saturated heterocycles. The van der Waals surface area contributed by atoms with Crippen LogP contribution in [0.1, 0.15) is 32.6 Å². The first-order chi connectivity index (χ1) is 17.5. The first kappa shape index (κ1) is 27.8. The summed E-state index contributed by atoms with van der Waals surface area (Å²) in [4.78, 5) is 59.1. The van der Waals surface area contributed by atoms with Gasteiger partial charge in [0.05, 0.1) is 25.2 Å². The molecule has 0 bridgehead atoms. The van der Waals surface area contributed by atoms with E-state index in [1.54, 1.807) is 0 Å². The minimum absolute atomic E-state index is 0.312. The summed E-state index contributed by atoms with van der Waals surface area (Å²) < 4.78 is 42.4. The summed E-state index contributed by atoms with van der Waals surface area (Å²) in [5, 5.41) is 11.8. The average molecular weight is 527 g/mol. The lowest BCUT2D eigenvalue weighted by Gasteiger charge is -2.42. The van der Waals surface area contributed by atoms with Crippen LogP contribution >= 0.6 is 0 Å². The number of esters is 4. The van der Waals surface area contributed by atoms with Crippen LogP contribution in [0, 0.1) is 10.1 Å². The second-order valence-electron chi connectivity index (χ2n) is 7.85. The van der Waals surface area contributed by atoms with Gasteiger partial charge in [-0.1, -0.05) is 0 Å². The molecule has 15 heteroatoms. The Hall–Kier alpha value is -3.82. The highest BCUT2D eigenvalue weighted by molar-refractivity contribution is 5.77. The van der Waals surface area contributed by atoms with E-state index in [2.05, 4.69) is 0 Å². The van der Waals surface area contributed by atoms with E-state index in [1.165, 1.54) is 12.1 Å². The summed E-state index contributed by atoms with van der Waals surface area (Å²) in [5.41, 5.74) is -0.180. The fraction of sp³-hybridized carbons (Fsp3) is 0.545. The molecule has 202 valence electrons. The fourth-order valence-corrected chi connectivity index (χ4v) is 3.77. The van der Waals surface area contributed by atoms with Gasteiger partial charge in [-0.25, -0.2) is 4.79 Å². The Morgan fingerprint density at radius 2 is 1.49 bits per heavy atom. The van der Waals surface area contributed by atoms with Crippen LogP contribution in [-0.2, 0) is 52.3 Å². The zero-order valence-electron chi connectivity index (χ0n) is 20.3. The fourth-order valence-electron chi connectivity index (χ4n) is 3.77. The number of rotatable bonds is 8. The molecule has 0 spiro atoms. The predicted octanol–water partition coefficient (Wildman–Crippen LogP) is 0.712. The molecular weight excluding hydrogens is 502 g/mol. The largest absolute Gasteiger partial charge is 0.467 e. The van der Waals surface area contributed by atoms with Crippen molar-refractivity contribution in [2.24, 2.45) is 0 Å². The highest BCUT2D eigenvalue weighted by atomic mass is 16.7. The minimum atomic E-state index is -1.74. The molecule has 0 radical (unpaired) electrons. The number of methoxy groups -OCH3 is 1. The second kappa shape index (κ2) is 11.9. The van der Waals surface area contributed by atoms with E-state index in [9.17, 15) is 29.3 Å². The van der Waals surface area contributed by atoms with Crippen molar-refractivity contribution in [3.8, 4) is 5.75 Å². The lowest BCUT2D eigenvalue weighted by atomic mass is 9.97. The molecule has 2 heterocycles. The van der Waals surface area contributed by atoms with Crippen molar-refractivity contribution in [2.75, 3.05) is 20.3 Å². The van der Waals surface area contributed by atoms with E-state index < -0.39 is 71.5 Å². The first-order valence-electron chi connectivity index (χ1n) is 10.9. The van der Waals surface area contributed by atoms with Crippen molar-refractivity contribution < 1.29 is 62.0 Å². The van der Waals surface area contributed by atoms with E-state index in [-0.39, 0.29) is 5.75 Å².